The van der Waals surface area contributed by atoms with Crippen LogP contribution in [0.25, 0.3) is 11.0 Å². The van der Waals surface area contributed by atoms with Crippen molar-refractivity contribution in [1.29, 1.82) is 0 Å². The molecule has 0 aliphatic carbocycles. The molecule has 0 unspecified atom stereocenters. The summed E-state index contributed by atoms with van der Waals surface area (Å²) in [5.74, 6) is 0.542. The van der Waals surface area contributed by atoms with Crippen LogP contribution in [0.15, 0.2) is 36.7 Å². The molecule has 2 aromatic heterocycles. The molecule has 3 aromatic rings. The standard InChI is InChI=1S/C22H30N6O/c1-25(2)15-18-13-20(24-26(18)3)17-7-6-11-27(14-17)22(29)10-12-28-16-23-19-8-4-5-9-21(19)28/h4-5,8-9,13,16-17H,6-7,10-12,14-15H2,1-3H3/t17-/m1/s1. The van der Waals surface area contributed by atoms with Crippen LogP contribution in [0.1, 0.15) is 36.6 Å². The number of hydrogen-bond donors (Lipinski definition) is 0. The molecular formula is C22H30N6O. The van der Waals surface area contributed by atoms with Gasteiger partial charge in [-0.25, -0.2) is 4.98 Å². The highest BCUT2D eigenvalue weighted by atomic mass is 16.2. The third kappa shape index (κ3) is 4.34. The Bertz CT molecular complexity index is 988. The lowest BCUT2D eigenvalue weighted by Gasteiger charge is -2.32. The molecule has 7 heteroatoms. The number of carbonyl (C=O) groups excluding carboxylic acids is 1. The SMILES string of the molecule is CN(C)Cc1cc([C@@H]2CCCN(C(=O)CCn3cnc4ccccc43)C2)nn1C. The second-order valence-corrected chi connectivity index (χ2v) is 8.28. The topological polar surface area (TPSA) is 59.2 Å². The molecular weight excluding hydrogens is 364 g/mol. The second kappa shape index (κ2) is 8.37. The normalized spacial score (nSPS) is 17.4. The quantitative estimate of drug-likeness (QED) is 0.645. The summed E-state index contributed by atoms with van der Waals surface area (Å²) in [5, 5.41) is 4.74. The zero-order chi connectivity index (χ0) is 20.4. The molecule has 154 valence electrons. The van der Waals surface area contributed by atoms with Gasteiger partial charge in [-0.1, -0.05) is 12.1 Å². The van der Waals surface area contributed by atoms with E-state index in [1.54, 1.807) is 0 Å². The van der Waals surface area contributed by atoms with Gasteiger partial charge in [0, 0.05) is 45.6 Å². The van der Waals surface area contributed by atoms with Crippen LogP contribution in [0.5, 0.6) is 0 Å². The number of benzene rings is 1. The summed E-state index contributed by atoms with van der Waals surface area (Å²) in [5.41, 5.74) is 4.38. The van der Waals surface area contributed by atoms with Crippen molar-refractivity contribution < 1.29 is 4.79 Å². The first-order valence-corrected chi connectivity index (χ1v) is 10.4. The number of para-hydroxylation sites is 2. The predicted octanol–water partition coefficient (Wildman–Crippen LogP) is 2.63. The molecule has 1 aliphatic heterocycles. The Morgan fingerprint density at radius 3 is 2.93 bits per heavy atom. The minimum absolute atomic E-state index is 0.219. The number of likely N-dealkylation sites (tertiary alicyclic amines) is 1. The van der Waals surface area contributed by atoms with Crippen molar-refractivity contribution in [3.8, 4) is 0 Å². The fourth-order valence-corrected chi connectivity index (χ4v) is 4.21. The van der Waals surface area contributed by atoms with E-state index in [2.05, 4.69) is 40.7 Å². The van der Waals surface area contributed by atoms with Gasteiger partial charge in [0.25, 0.3) is 0 Å². The number of nitrogens with zero attached hydrogens (tertiary/aromatic N) is 6. The highest BCUT2D eigenvalue weighted by Crippen LogP contribution is 2.27. The lowest BCUT2D eigenvalue weighted by atomic mass is 9.94. The number of piperidine rings is 1. The highest BCUT2D eigenvalue weighted by molar-refractivity contribution is 5.77. The van der Waals surface area contributed by atoms with Gasteiger partial charge in [0.05, 0.1) is 28.7 Å². The number of fused-ring (bicyclic) bond motifs is 1. The zero-order valence-electron chi connectivity index (χ0n) is 17.6. The van der Waals surface area contributed by atoms with Crippen LogP contribution in [0.4, 0.5) is 0 Å². The summed E-state index contributed by atoms with van der Waals surface area (Å²) >= 11 is 0. The van der Waals surface area contributed by atoms with E-state index < -0.39 is 0 Å². The van der Waals surface area contributed by atoms with E-state index in [0.29, 0.717) is 18.9 Å². The summed E-state index contributed by atoms with van der Waals surface area (Å²) in [7, 11) is 6.14. The van der Waals surface area contributed by atoms with Gasteiger partial charge in [-0.3, -0.25) is 9.48 Å². The Labute approximate surface area is 171 Å². The van der Waals surface area contributed by atoms with Crippen LogP contribution in [0.3, 0.4) is 0 Å². The summed E-state index contributed by atoms with van der Waals surface area (Å²) in [6.07, 6.45) is 4.46. The number of hydrogen-bond acceptors (Lipinski definition) is 4. The van der Waals surface area contributed by atoms with Crippen molar-refractivity contribution in [2.24, 2.45) is 7.05 Å². The van der Waals surface area contributed by atoms with Gasteiger partial charge < -0.3 is 14.4 Å². The van der Waals surface area contributed by atoms with Crippen LogP contribution >= 0.6 is 0 Å². The Hall–Kier alpha value is -2.67. The Kier molecular flexibility index (Phi) is 5.67. The monoisotopic (exact) mass is 394 g/mol. The van der Waals surface area contributed by atoms with Crippen molar-refractivity contribution in [1.82, 2.24) is 29.1 Å². The molecule has 1 fully saturated rings. The molecule has 1 atom stereocenters. The van der Waals surface area contributed by atoms with Crippen molar-refractivity contribution in [3.05, 3.63) is 48.0 Å². The number of aryl methyl sites for hydroxylation is 2. The molecule has 0 saturated carbocycles. The first-order valence-electron chi connectivity index (χ1n) is 10.4. The van der Waals surface area contributed by atoms with Gasteiger partial charge in [-0.2, -0.15) is 5.10 Å². The molecule has 4 rings (SSSR count). The fraction of sp³-hybridized carbons (Fsp3) is 0.500. The molecule has 0 spiro atoms. The Balaban J connectivity index is 1.38. The van der Waals surface area contributed by atoms with Crippen molar-refractivity contribution >= 4 is 16.9 Å². The minimum Gasteiger partial charge on any atom is -0.342 e. The maximum absolute atomic E-state index is 12.9. The van der Waals surface area contributed by atoms with E-state index >= 15 is 0 Å². The van der Waals surface area contributed by atoms with Crippen LogP contribution in [-0.4, -0.2) is 62.2 Å². The smallest absolute Gasteiger partial charge is 0.224 e. The molecule has 1 aromatic carbocycles. The molecule has 0 N–H and O–H groups in total. The van der Waals surface area contributed by atoms with E-state index in [1.807, 2.05) is 41.2 Å². The van der Waals surface area contributed by atoms with Gasteiger partial charge >= 0.3 is 0 Å². The number of rotatable bonds is 6. The summed E-state index contributed by atoms with van der Waals surface area (Å²) < 4.78 is 4.04. The zero-order valence-corrected chi connectivity index (χ0v) is 17.6. The van der Waals surface area contributed by atoms with Crippen molar-refractivity contribution in [2.75, 3.05) is 27.2 Å². The van der Waals surface area contributed by atoms with Gasteiger partial charge in [0.15, 0.2) is 0 Å². The lowest BCUT2D eigenvalue weighted by Crippen LogP contribution is -2.39. The first kappa shape index (κ1) is 19.6. The summed E-state index contributed by atoms with van der Waals surface area (Å²) in [6.45, 7) is 3.15. The number of carbonyl (C=O) groups is 1. The number of amides is 1. The third-order valence-corrected chi connectivity index (χ3v) is 5.76. The van der Waals surface area contributed by atoms with E-state index in [0.717, 1.165) is 49.2 Å². The second-order valence-electron chi connectivity index (χ2n) is 8.28. The van der Waals surface area contributed by atoms with Gasteiger partial charge in [0.1, 0.15) is 0 Å². The minimum atomic E-state index is 0.219. The van der Waals surface area contributed by atoms with Crippen LogP contribution in [-0.2, 0) is 24.9 Å². The maximum atomic E-state index is 12.9. The highest BCUT2D eigenvalue weighted by Gasteiger charge is 2.26. The largest absolute Gasteiger partial charge is 0.342 e. The maximum Gasteiger partial charge on any atom is 0.224 e. The summed E-state index contributed by atoms with van der Waals surface area (Å²) in [6, 6.07) is 10.3. The van der Waals surface area contributed by atoms with Crippen LogP contribution in [0.2, 0.25) is 0 Å². The number of aromatic nitrogens is 4. The van der Waals surface area contributed by atoms with Crippen molar-refractivity contribution in [3.63, 3.8) is 0 Å². The first-order chi connectivity index (χ1) is 14.0. The lowest BCUT2D eigenvalue weighted by molar-refractivity contribution is -0.132. The fourth-order valence-electron chi connectivity index (χ4n) is 4.21. The van der Waals surface area contributed by atoms with Crippen LogP contribution < -0.4 is 0 Å². The summed E-state index contributed by atoms with van der Waals surface area (Å²) in [4.78, 5) is 21.5. The predicted molar refractivity (Wildman–Crippen MR) is 114 cm³/mol. The molecule has 1 saturated heterocycles. The molecule has 1 amide bonds. The van der Waals surface area contributed by atoms with E-state index in [4.69, 9.17) is 5.10 Å². The molecule has 3 heterocycles. The average molecular weight is 395 g/mol. The van der Waals surface area contributed by atoms with Crippen LogP contribution in [0, 0.1) is 0 Å². The van der Waals surface area contributed by atoms with Gasteiger partial charge in [-0.05, 0) is 45.1 Å². The Morgan fingerprint density at radius 2 is 2.10 bits per heavy atom. The third-order valence-electron chi connectivity index (χ3n) is 5.76. The van der Waals surface area contributed by atoms with E-state index in [-0.39, 0.29) is 5.91 Å². The molecule has 0 bridgehead atoms. The molecule has 0 radical (unpaired) electrons. The van der Waals surface area contributed by atoms with Gasteiger partial charge in [-0.15, -0.1) is 0 Å². The molecule has 29 heavy (non-hydrogen) atoms. The molecule has 7 nitrogen and oxygen atoms in total. The van der Waals surface area contributed by atoms with Crippen molar-refractivity contribution in [2.45, 2.75) is 38.3 Å². The Morgan fingerprint density at radius 1 is 1.28 bits per heavy atom. The van der Waals surface area contributed by atoms with E-state index in [1.165, 1.54) is 5.69 Å². The molecule has 1 aliphatic rings. The average Bonchev–Trinajstić information content (AvgIpc) is 3.29. The number of imidazole rings is 1. The van der Waals surface area contributed by atoms with Gasteiger partial charge in [0.2, 0.25) is 5.91 Å². The van der Waals surface area contributed by atoms with E-state index in [9.17, 15) is 4.79 Å².